The van der Waals surface area contributed by atoms with Crippen LogP contribution < -0.4 is 5.32 Å². The van der Waals surface area contributed by atoms with E-state index < -0.39 is 0 Å². The second kappa shape index (κ2) is 6.39. The zero-order valence-corrected chi connectivity index (χ0v) is 8.87. The van der Waals surface area contributed by atoms with E-state index in [-0.39, 0.29) is 0 Å². The molecule has 0 fully saturated rings. The van der Waals surface area contributed by atoms with Gasteiger partial charge in [0.25, 0.3) is 0 Å². The van der Waals surface area contributed by atoms with E-state index in [0.29, 0.717) is 6.04 Å². The van der Waals surface area contributed by atoms with Crippen molar-refractivity contribution in [3.63, 3.8) is 0 Å². The van der Waals surface area contributed by atoms with Gasteiger partial charge in [-0.05, 0) is 24.9 Å². The average Bonchev–Trinajstić information content (AvgIpc) is 2.25. The Hall–Kier alpha value is -1.08. The highest BCUT2D eigenvalue weighted by Crippen LogP contribution is 2.03. The molecular weight excluding hydrogens is 170 g/mol. The van der Waals surface area contributed by atoms with Gasteiger partial charge >= 0.3 is 0 Å². The van der Waals surface area contributed by atoms with Gasteiger partial charge in [0.05, 0.1) is 0 Å². The molecule has 0 saturated heterocycles. The molecule has 0 aliphatic carbocycles. The fourth-order valence-corrected chi connectivity index (χ4v) is 1.44. The van der Waals surface area contributed by atoms with Gasteiger partial charge in [0.2, 0.25) is 0 Å². The molecule has 76 valence electrons. The molecule has 14 heavy (non-hydrogen) atoms. The maximum absolute atomic E-state index is 3.85. The summed E-state index contributed by atoms with van der Waals surface area (Å²) in [6, 6.07) is 10.9. The normalized spacial score (nSPS) is 12.4. The van der Waals surface area contributed by atoms with Gasteiger partial charge in [0.1, 0.15) is 0 Å². The van der Waals surface area contributed by atoms with Crippen molar-refractivity contribution in [3.05, 3.63) is 48.6 Å². The number of benzene rings is 1. The van der Waals surface area contributed by atoms with E-state index in [4.69, 9.17) is 0 Å². The van der Waals surface area contributed by atoms with Gasteiger partial charge in [0, 0.05) is 6.04 Å². The molecule has 0 saturated carbocycles. The number of hydrogen-bond donors (Lipinski definition) is 1. The zero-order chi connectivity index (χ0) is 10.2. The molecule has 0 heterocycles. The summed E-state index contributed by atoms with van der Waals surface area (Å²) in [5.41, 5.74) is 1.36. The predicted octanol–water partition coefficient (Wildman–Crippen LogP) is 2.78. The van der Waals surface area contributed by atoms with Crippen LogP contribution in [0.15, 0.2) is 43.0 Å². The molecule has 1 atom stereocenters. The van der Waals surface area contributed by atoms with Crippen molar-refractivity contribution < 1.29 is 0 Å². The largest absolute Gasteiger partial charge is 0.310 e. The van der Waals surface area contributed by atoms with Crippen LogP contribution in [-0.2, 0) is 6.42 Å². The lowest BCUT2D eigenvalue weighted by Gasteiger charge is -2.13. The van der Waals surface area contributed by atoms with Crippen LogP contribution in [0.5, 0.6) is 0 Å². The second-order valence-corrected chi connectivity index (χ2v) is 3.49. The summed E-state index contributed by atoms with van der Waals surface area (Å²) in [5, 5.41) is 3.45. The maximum atomic E-state index is 3.85. The van der Waals surface area contributed by atoms with Crippen molar-refractivity contribution in [1.29, 1.82) is 0 Å². The molecule has 0 spiro atoms. The van der Waals surface area contributed by atoms with Crippen LogP contribution >= 0.6 is 0 Å². The highest BCUT2D eigenvalue weighted by molar-refractivity contribution is 5.17. The fraction of sp³-hybridized carbons (Fsp3) is 0.385. The SMILES string of the molecule is C=CC(Cc1ccccc1)NCCC. The van der Waals surface area contributed by atoms with Crippen molar-refractivity contribution in [2.45, 2.75) is 25.8 Å². The Morgan fingerprint density at radius 2 is 2.07 bits per heavy atom. The minimum atomic E-state index is 0.400. The Morgan fingerprint density at radius 1 is 1.36 bits per heavy atom. The van der Waals surface area contributed by atoms with Crippen LogP contribution in [-0.4, -0.2) is 12.6 Å². The summed E-state index contributed by atoms with van der Waals surface area (Å²) >= 11 is 0. The lowest BCUT2D eigenvalue weighted by atomic mass is 10.1. The molecule has 1 nitrogen and oxygen atoms in total. The standard InChI is InChI=1S/C13H19N/c1-3-10-14-13(4-2)11-12-8-6-5-7-9-12/h4-9,13-14H,2-3,10-11H2,1H3. The first-order valence-corrected chi connectivity index (χ1v) is 5.26. The third kappa shape index (κ3) is 3.75. The predicted molar refractivity (Wildman–Crippen MR) is 62.4 cm³/mol. The van der Waals surface area contributed by atoms with Crippen molar-refractivity contribution in [2.24, 2.45) is 0 Å². The molecule has 1 aromatic carbocycles. The first-order chi connectivity index (χ1) is 6.86. The van der Waals surface area contributed by atoms with Crippen LogP contribution in [0.2, 0.25) is 0 Å². The first kappa shape index (κ1) is 11.0. The molecule has 0 bridgehead atoms. The lowest BCUT2D eigenvalue weighted by Crippen LogP contribution is -2.29. The van der Waals surface area contributed by atoms with Crippen LogP contribution in [0.3, 0.4) is 0 Å². The van der Waals surface area contributed by atoms with Crippen LogP contribution in [0.4, 0.5) is 0 Å². The van der Waals surface area contributed by atoms with E-state index in [1.54, 1.807) is 0 Å². The molecular formula is C13H19N. The average molecular weight is 189 g/mol. The lowest BCUT2D eigenvalue weighted by molar-refractivity contribution is 0.585. The maximum Gasteiger partial charge on any atom is 0.0287 e. The molecule has 0 aromatic heterocycles. The molecule has 1 aromatic rings. The molecule has 1 heteroatoms. The van der Waals surface area contributed by atoms with Gasteiger partial charge in [-0.2, -0.15) is 0 Å². The number of nitrogens with one attached hydrogen (secondary N) is 1. The van der Waals surface area contributed by atoms with E-state index in [1.807, 2.05) is 12.1 Å². The Morgan fingerprint density at radius 3 is 2.64 bits per heavy atom. The fourth-order valence-electron chi connectivity index (χ4n) is 1.44. The topological polar surface area (TPSA) is 12.0 Å². The van der Waals surface area contributed by atoms with Gasteiger partial charge in [0.15, 0.2) is 0 Å². The van der Waals surface area contributed by atoms with E-state index in [1.165, 1.54) is 12.0 Å². The van der Waals surface area contributed by atoms with Crippen LogP contribution in [0, 0.1) is 0 Å². The third-order valence-electron chi connectivity index (χ3n) is 2.24. The summed E-state index contributed by atoms with van der Waals surface area (Å²) < 4.78 is 0. The van der Waals surface area contributed by atoms with Crippen molar-refractivity contribution >= 4 is 0 Å². The minimum Gasteiger partial charge on any atom is -0.310 e. The summed E-state index contributed by atoms with van der Waals surface area (Å²) in [4.78, 5) is 0. The van der Waals surface area contributed by atoms with Gasteiger partial charge in [-0.1, -0.05) is 43.3 Å². The summed E-state index contributed by atoms with van der Waals surface area (Å²) in [6.45, 7) is 7.08. The number of rotatable bonds is 6. The zero-order valence-electron chi connectivity index (χ0n) is 8.87. The minimum absolute atomic E-state index is 0.400. The van der Waals surface area contributed by atoms with E-state index >= 15 is 0 Å². The molecule has 0 aliphatic heterocycles. The molecule has 1 N–H and O–H groups in total. The van der Waals surface area contributed by atoms with Gasteiger partial charge < -0.3 is 5.32 Å². The van der Waals surface area contributed by atoms with Gasteiger partial charge in [-0.25, -0.2) is 0 Å². The summed E-state index contributed by atoms with van der Waals surface area (Å²) in [5.74, 6) is 0. The Bertz CT molecular complexity index is 253. The molecule has 1 rings (SSSR count). The highest BCUT2D eigenvalue weighted by atomic mass is 14.9. The van der Waals surface area contributed by atoms with Crippen molar-refractivity contribution in [1.82, 2.24) is 5.32 Å². The van der Waals surface area contributed by atoms with Gasteiger partial charge in [-0.15, -0.1) is 6.58 Å². The Balaban J connectivity index is 2.44. The second-order valence-electron chi connectivity index (χ2n) is 3.49. The number of hydrogen-bond acceptors (Lipinski definition) is 1. The molecule has 0 radical (unpaired) electrons. The third-order valence-corrected chi connectivity index (χ3v) is 2.24. The monoisotopic (exact) mass is 189 g/mol. The summed E-state index contributed by atoms with van der Waals surface area (Å²) in [6.07, 6.45) is 4.19. The first-order valence-electron chi connectivity index (χ1n) is 5.26. The molecule has 1 unspecified atom stereocenters. The van der Waals surface area contributed by atoms with Crippen molar-refractivity contribution in [2.75, 3.05) is 6.54 Å². The van der Waals surface area contributed by atoms with E-state index in [2.05, 4.69) is 43.1 Å². The van der Waals surface area contributed by atoms with E-state index in [0.717, 1.165) is 13.0 Å². The summed E-state index contributed by atoms with van der Waals surface area (Å²) in [7, 11) is 0. The molecule has 0 amide bonds. The van der Waals surface area contributed by atoms with Crippen LogP contribution in [0.25, 0.3) is 0 Å². The smallest absolute Gasteiger partial charge is 0.0287 e. The van der Waals surface area contributed by atoms with Crippen molar-refractivity contribution in [3.8, 4) is 0 Å². The van der Waals surface area contributed by atoms with Gasteiger partial charge in [-0.3, -0.25) is 0 Å². The highest BCUT2D eigenvalue weighted by Gasteiger charge is 2.02. The van der Waals surface area contributed by atoms with E-state index in [9.17, 15) is 0 Å². The van der Waals surface area contributed by atoms with Crippen LogP contribution in [0.1, 0.15) is 18.9 Å². The Kier molecular flexibility index (Phi) is 5.02. The quantitative estimate of drug-likeness (QED) is 0.678. The Labute approximate surface area is 86.8 Å². The molecule has 0 aliphatic rings.